The van der Waals surface area contributed by atoms with Gasteiger partial charge in [0.2, 0.25) is 0 Å². The molecule has 0 aromatic rings. The average Bonchev–Trinajstić information content (AvgIpc) is 3.31. The van der Waals surface area contributed by atoms with Gasteiger partial charge in [-0.15, -0.1) is 0 Å². The molecule has 0 radical (unpaired) electrons. The standard InChI is InChI=1S/C24H39BF2N4O5/c1-21(2,3)13-18(25(34)35)29-20(33)36-16-23(6)8-7-10-31(23)19(32)17(14-28)12-22(4,5)30-11-9-24(26,27)15-30/h12,18,34-35H,7-11,13,15-16H2,1-6H3,(H,29,33)/b17-12+/t18-,23+/m0/s1. The van der Waals surface area contributed by atoms with E-state index in [0.29, 0.717) is 25.8 Å². The van der Waals surface area contributed by atoms with Crippen molar-refractivity contribution in [2.24, 2.45) is 5.41 Å². The van der Waals surface area contributed by atoms with E-state index in [2.05, 4.69) is 5.32 Å². The van der Waals surface area contributed by atoms with Crippen LogP contribution in [0, 0.1) is 16.7 Å². The summed E-state index contributed by atoms with van der Waals surface area (Å²) in [6, 6.07) is 1.92. The Morgan fingerprint density at radius 3 is 2.36 bits per heavy atom. The van der Waals surface area contributed by atoms with E-state index in [1.807, 2.05) is 26.8 Å². The highest BCUT2D eigenvalue weighted by Gasteiger charge is 2.45. The fraction of sp³-hybridized carbons (Fsp3) is 0.792. The quantitative estimate of drug-likeness (QED) is 0.259. The summed E-state index contributed by atoms with van der Waals surface area (Å²) < 4.78 is 32.8. The molecule has 3 N–H and O–H groups in total. The number of carbonyl (C=O) groups excluding carboxylic acids is 2. The van der Waals surface area contributed by atoms with Gasteiger partial charge in [0.25, 0.3) is 11.8 Å². The number of alkyl halides is 2. The van der Waals surface area contributed by atoms with Crippen LogP contribution in [0.4, 0.5) is 13.6 Å². The van der Waals surface area contributed by atoms with E-state index < -0.39 is 48.6 Å². The lowest BCUT2D eigenvalue weighted by atomic mass is 9.71. The Bertz CT molecular complexity index is 900. The number of nitrogens with one attached hydrogen (secondary N) is 1. The van der Waals surface area contributed by atoms with Gasteiger partial charge in [0.15, 0.2) is 0 Å². The first-order valence-corrected chi connectivity index (χ1v) is 12.3. The summed E-state index contributed by atoms with van der Waals surface area (Å²) in [5.74, 6) is -4.28. The number of alkyl carbamates (subject to hydrolysis) is 1. The number of likely N-dealkylation sites (tertiary alicyclic amines) is 2. The highest BCUT2D eigenvalue weighted by molar-refractivity contribution is 6.43. The molecular formula is C24H39BF2N4O5. The van der Waals surface area contributed by atoms with Gasteiger partial charge < -0.3 is 25.0 Å². The molecule has 2 rings (SSSR count). The second kappa shape index (κ2) is 11.0. The van der Waals surface area contributed by atoms with Crippen LogP contribution in [0.15, 0.2) is 11.6 Å². The van der Waals surface area contributed by atoms with E-state index in [-0.39, 0.29) is 30.6 Å². The zero-order valence-corrected chi connectivity index (χ0v) is 22.1. The maximum atomic E-state index is 13.7. The van der Waals surface area contributed by atoms with Crippen molar-refractivity contribution in [1.82, 2.24) is 15.1 Å². The maximum Gasteiger partial charge on any atom is 0.475 e. The van der Waals surface area contributed by atoms with E-state index in [4.69, 9.17) is 4.74 Å². The molecule has 0 bridgehead atoms. The summed E-state index contributed by atoms with van der Waals surface area (Å²) >= 11 is 0. The minimum atomic E-state index is -2.80. The Morgan fingerprint density at radius 1 is 1.22 bits per heavy atom. The Balaban J connectivity index is 2.09. The molecule has 12 heteroatoms. The van der Waals surface area contributed by atoms with Gasteiger partial charge in [-0.3, -0.25) is 9.69 Å². The summed E-state index contributed by atoms with van der Waals surface area (Å²) in [5, 5.41) is 31.4. The first-order valence-electron chi connectivity index (χ1n) is 12.3. The molecule has 202 valence electrons. The molecule has 0 aromatic heterocycles. The van der Waals surface area contributed by atoms with Crippen molar-refractivity contribution in [3.05, 3.63) is 11.6 Å². The van der Waals surface area contributed by atoms with E-state index in [1.165, 1.54) is 11.0 Å². The molecule has 36 heavy (non-hydrogen) atoms. The molecule has 0 aliphatic carbocycles. The van der Waals surface area contributed by atoms with Gasteiger partial charge in [-0.05, 0) is 51.5 Å². The highest BCUT2D eigenvalue weighted by Crippen LogP contribution is 2.34. The first kappa shape index (κ1) is 30.0. The van der Waals surface area contributed by atoms with Gasteiger partial charge in [0.1, 0.15) is 18.2 Å². The number of halogens is 2. The Hall–Kier alpha value is -2.23. The fourth-order valence-corrected chi connectivity index (χ4v) is 4.78. The third-order valence-electron chi connectivity index (χ3n) is 6.84. The zero-order chi connectivity index (χ0) is 27.5. The van der Waals surface area contributed by atoms with Crippen LogP contribution in [0.5, 0.6) is 0 Å². The SMILES string of the molecule is CC(C)(C)C[C@H](NC(=O)OC[C@@]1(C)CCCN1C(=O)/C(C#N)=C/C(C)(C)N1CCC(F)(F)C1)B(O)O. The molecule has 0 aromatic carbocycles. The van der Waals surface area contributed by atoms with Crippen molar-refractivity contribution >= 4 is 19.1 Å². The van der Waals surface area contributed by atoms with Crippen molar-refractivity contribution in [2.75, 3.05) is 26.2 Å². The van der Waals surface area contributed by atoms with Gasteiger partial charge in [0, 0.05) is 25.0 Å². The summed E-state index contributed by atoms with van der Waals surface area (Å²) in [7, 11) is -1.76. The van der Waals surface area contributed by atoms with Gasteiger partial charge in [0.05, 0.1) is 18.0 Å². The molecule has 9 nitrogen and oxygen atoms in total. The smallest absolute Gasteiger partial charge is 0.447 e. The van der Waals surface area contributed by atoms with Crippen molar-refractivity contribution in [1.29, 1.82) is 5.26 Å². The topological polar surface area (TPSA) is 126 Å². The molecule has 0 saturated carbocycles. The summed E-state index contributed by atoms with van der Waals surface area (Å²) in [5.41, 5.74) is -2.24. The second-order valence-corrected chi connectivity index (χ2v) is 11.9. The lowest BCUT2D eigenvalue weighted by Gasteiger charge is -2.36. The van der Waals surface area contributed by atoms with Crippen LogP contribution in [0.25, 0.3) is 0 Å². The number of ether oxygens (including phenoxy) is 1. The average molecular weight is 512 g/mol. The van der Waals surface area contributed by atoms with E-state index in [1.54, 1.807) is 25.7 Å². The van der Waals surface area contributed by atoms with Gasteiger partial charge in [-0.2, -0.15) is 5.26 Å². The fourth-order valence-electron chi connectivity index (χ4n) is 4.78. The molecule has 2 amide bonds. The molecule has 0 spiro atoms. The van der Waals surface area contributed by atoms with Crippen LogP contribution in [-0.2, 0) is 9.53 Å². The monoisotopic (exact) mass is 512 g/mol. The number of nitriles is 1. The minimum Gasteiger partial charge on any atom is -0.447 e. The molecule has 2 heterocycles. The zero-order valence-electron chi connectivity index (χ0n) is 22.1. The van der Waals surface area contributed by atoms with Crippen LogP contribution < -0.4 is 5.32 Å². The number of hydrogen-bond acceptors (Lipinski definition) is 7. The predicted octanol–water partition coefficient (Wildman–Crippen LogP) is 2.48. The molecule has 2 aliphatic rings. The van der Waals surface area contributed by atoms with Crippen molar-refractivity contribution in [2.45, 2.75) is 90.2 Å². The van der Waals surface area contributed by atoms with Crippen molar-refractivity contribution < 1.29 is 33.2 Å². The van der Waals surface area contributed by atoms with Gasteiger partial charge in [-0.1, -0.05) is 20.8 Å². The van der Waals surface area contributed by atoms with E-state index in [0.717, 1.165) is 0 Å². The lowest BCUT2D eigenvalue weighted by molar-refractivity contribution is -0.131. The highest BCUT2D eigenvalue weighted by atomic mass is 19.3. The van der Waals surface area contributed by atoms with Gasteiger partial charge >= 0.3 is 13.2 Å². The number of rotatable bonds is 8. The second-order valence-electron chi connectivity index (χ2n) is 11.9. The van der Waals surface area contributed by atoms with Gasteiger partial charge in [-0.25, -0.2) is 13.6 Å². The molecule has 2 saturated heterocycles. The van der Waals surface area contributed by atoms with Crippen LogP contribution in [0.1, 0.15) is 67.2 Å². The summed E-state index contributed by atoms with van der Waals surface area (Å²) in [4.78, 5) is 28.8. The van der Waals surface area contributed by atoms with E-state index >= 15 is 0 Å². The molecule has 2 fully saturated rings. The molecule has 2 atom stereocenters. The van der Waals surface area contributed by atoms with E-state index in [9.17, 15) is 33.7 Å². The largest absolute Gasteiger partial charge is 0.475 e. The molecule has 0 unspecified atom stereocenters. The molecular weight excluding hydrogens is 473 g/mol. The first-order chi connectivity index (χ1) is 16.4. The van der Waals surface area contributed by atoms with Crippen LogP contribution in [0.2, 0.25) is 0 Å². The van der Waals surface area contributed by atoms with Crippen molar-refractivity contribution in [3.63, 3.8) is 0 Å². The Kier molecular flexibility index (Phi) is 9.19. The Labute approximate surface area is 212 Å². The van der Waals surface area contributed by atoms with Crippen molar-refractivity contribution in [3.8, 4) is 6.07 Å². The van der Waals surface area contributed by atoms with Crippen LogP contribution in [-0.4, -0.2) is 88.1 Å². The van der Waals surface area contributed by atoms with Crippen LogP contribution in [0.3, 0.4) is 0 Å². The number of hydrogen-bond donors (Lipinski definition) is 3. The molecule has 2 aliphatic heterocycles. The predicted molar refractivity (Wildman–Crippen MR) is 131 cm³/mol. The minimum absolute atomic E-state index is 0.151. The maximum absolute atomic E-state index is 13.7. The number of carbonyl (C=O) groups is 2. The number of nitrogens with zero attached hydrogens (tertiary/aromatic N) is 3. The van der Waals surface area contributed by atoms with Crippen LogP contribution >= 0.6 is 0 Å². The third kappa shape index (κ3) is 7.89. The number of amides is 2. The third-order valence-corrected chi connectivity index (χ3v) is 6.84. The normalized spacial score (nSPS) is 23.8. The summed E-state index contributed by atoms with van der Waals surface area (Å²) in [6.07, 6.45) is 1.79. The lowest BCUT2D eigenvalue weighted by Crippen LogP contribution is -2.52. The summed E-state index contributed by atoms with van der Waals surface area (Å²) in [6.45, 7) is 10.7. The Morgan fingerprint density at radius 2 is 1.86 bits per heavy atom.